The van der Waals surface area contributed by atoms with Crippen LogP contribution in [0.25, 0.3) is 0 Å². The van der Waals surface area contributed by atoms with Gasteiger partial charge in [0.25, 0.3) is 5.56 Å². The molecular formula is C21H30BN5O4. The van der Waals surface area contributed by atoms with Crippen molar-refractivity contribution in [1.82, 2.24) is 19.2 Å². The Labute approximate surface area is 182 Å². The van der Waals surface area contributed by atoms with Crippen LogP contribution in [0.4, 0.5) is 11.5 Å². The average molecular weight is 427 g/mol. The number of aromatic nitrogens is 3. The molecule has 2 aromatic rings. The Morgan fingerprint density at radius 3 is 2.48 bits per heavy atom. The maximum absolute atomic E-state index is 12.8. The fraction of sp³-hybridized carbons (Fsp3) is 0.619. The van der Waals surface area contributed by atoms with Gasteiger partial charge in [0.2, 0.25) is 0 Å². The molecule has 5 rings (SSSR count). The number of pyridine rings is 1. The molecule has 9 nitrogen and oxygen atoms in total. The SMILES string of the molecule is Cn1cc(B2OC(C)(C)C(C)(C)O2)cc(Nc2cc3n(n2)CCN(C2COC2)C3)c1=O. The van der Waals surface area contributed by atoms with Crippen LogP contribution in [0.2, 0.25) is 0 Å². The highest BCUT2D eigenvalue weighted by molar-refractivity contribution is 6.62. The zero-order chi connectivity index (χ0) is 22.0. The van der Waals surface area contributed by atoms with Gasteiger partial charge in [0.05, 0.1) is 42.7 Å². The first kappa shape index (κ1) is 20.8. The van der Waals surface area contributed by atoms with E-state index in [1.165, 1.54) is 0 Å². The van der Waals surface area contributed by atoms with Crippen molar-refractivity contribution in [2.45, 2.75) is 58.0 Å². The van der Waals surface area contributed by atoms with Crippen molar-refractivity contribution < 1.29 is 14.0 Å². The molecule has 0 atom stereocenters. The number of aryl methyl sites for hydroxylation is 1. The van der Waals surface area contributed by atoms with Crippen LogP contribution in [-0.4, -0.2) is 63.4 Å². The van der Waals surface area contributed by atoms with Crippen molar-refractivity contribution in [2.24, 2.45) is 7.05 Å². The summed E-state index contributed by atoms with van der Waals surface area (Å²) in [4.78, 5) is 15.2. The maximum Gasteiger partial charge on any atom is 0.496 e. The smallest absolute Gasteiger partial charge is 0.399 e. The average Bonchev–Trinajstić information content (AvgIpc) is 3.13. The Balaban J connectivity index is 1.38. The highest BCUT2D eigenvalue weighted by atomic mass is 16.7. The first-order valence-electron chi connectivity index (χ1n) is 10.8. The number of hydrogen-bond acceptors (Lipinski definition) is 7. The molecule has 3 aliphatic rings. The summed E-state index contributed by atoms with van der Waals surface area (Å²) in [6.07, 6.45) is 1.77. The van der Waals surface area contributed by atoms with E-state index in [2.05, 4.69) is 15.3 Å². The standard InChI is InChI=1S/C21H30BN5O4/c1-20(2)21(3,4)31-22(30-20)14-8-17(19(28)25(5)10-14)23-18-9-15-11-26(16-12-29-13-16)6-7-27(15)24-18/h8-10,16H,6-7,11-13H2,1-5H3,(H,23,24). The number of ether oxygens (including phenoxy) is 1. The van der Waals surface area contributed by atoms with Crippen LogP contribution < -0.4 is 16.3 Å². The lowest BCUT2D eigenvalue weighted by atomic mass is 9.80. The lowest BCUT2D eigenvalue weighted by Crippen LogP contribution is -2.51. The summed E-state index contributed by atoms with van der Waals surface area (Å²) in [5, 5.41) is 7.89. The van der Waals surface area contributed by atoms with E-state index in [-0.39, 0.29) is 5.56 Å². The van der Waals surface area contributed by atoms with Gasteiger partial charge in [-0.3, -0.25) is 14.4 Å². The minimum absolute atomic E-state index is 0.125. The van der Waals surface area contributed by atoms with E-state index >= 15 is 0 Å². The molecule has 5 heterocycles. The van der Waals surface area contributed by atoms with Crippen molar-refractivity contribution >= 4 is 24.1 Å². The van der Waals surface area contributed by atoms with Crippen LogP contribution in [0.5, 0.6) is 0 Å². The van der Waals surface area contributed by atoms with Gasteiger partial charge in [-0.2, -0.15) is 5.10 Å². The van der Waals surface area contributed by atoms with Gasteiger partial charge < -0.3 is 23.9 Å². The fourth-order valence-corrected chi connectivity index (χ4v) is 4.17. The van der Waals surface area contributed by atoms with Crippen LogP contribution in [0, 0.1) is 0 Å². The van der Waals surface area contributed by atoms with E-state index in [4.69, 9.17) is 14.0 Å². The van der Waals surface area contributed by atoms with Crippen LogP contribution in [0.15, 0.2) is 23.1 Å². The fourth-order valence-electron chi connectivity index (χ4n) is 4.17. The van der Waals surface area contributed by atoms with Crippen molar-refractivity contribution in [2.75, 3.05) is 25.1 Å². The maximum atomic E-state index is 12.8. The summed E-state index contributed by atoms with van der Waals surface area (Å²) in [5.74, 6) is 0.671. The molecular weight excluding hydrogens is 397 g/mol. The molecule has 0 amide bonds. The van der Waals surface area contributed by atoms with Gasteiger partial charge >= 0.3 is 7.12 Å². The molecule has 0 radical (unpaired) electrons. The number of nitrogens with zero attached hydrogens (tertiary/aromatic N) is 4. The molecule has 0 bridgehead atoms. The van der Waals surface area contributed by atoms with Crippen molar-refractivity contribution in [3.8, 4) is 0 Å². The van der Waals surface area contributed by atoms with Crippen molar-refractivity contribution in [1.29, 1.82) is 0 Å². The van der Waals surface area contributed by atoms with E-state index in [1.54, 1.807) is 23.9 Å². The molecule has 0 spiro atoms. The Kier molecular flexibility index (Phi) is 4.82. The number of fused-ring (bicyclic) bond motifs is 1. The molecule has 2 saturated heterocycles. The summed E-state index contributed by atoms with van der Waals surface area (Å²) >= 11 is 0. The lowest BCUT2D eigenvalue weighted by molar-refractivity contribution is -0.0735. The third-order valence-electron chi connectivity index (χ3n) is 6.96. The molecule has 0 aliphatic carbocycles. The van der Waals surface area contributed by atoms with Gasteiger partial charge in [-0.1, -0.05) is 0 Å². The van der Waals surface area contributed by atoms with Crippen LogP contribution >= 0.6 is 0 Å². The van der Waals surface area contributed by atoms with Gasteiger partial charge in [-0.15, -0.1) is 0 Å². The third kappa shape index (κ3) is 3.61. The minimum atomic E-state index is -0.536. The highest BCUT2D eigenvalue weighted by Crippen LogP contribution is 2.36. The summed E-state index contributed by atoms with van der Waals surface area (Å²) < 4.78 is 21.2. The Morgan fingerprint density at radius 2 is 1.84 bits per heavy atom. The van der Waals surface area contributed by atoms with Gasteiger partial charge in [-0.25, -0.2) is 0 Å². The molecule has 10 heteroatoms. The predicted octanol–water partition coefficient (Wildman–Crippen LogP) is 0.839. The summed E-state index contributed by atoms with van der Waals surface area (Å²) in [5.41, 5.74) is 1.37. The topological polar surface area (TPSA) is 82.8 Å². The van der Waals surface area contributed by atoms with E-state index < -0.39 is 18.3 Å². The molecule has 2 aromatic heterocycles. The first-order valence-corrected chi connectivity index (χ1v) is 10.8. The van der Waals surface area contributed by atoms with Gasteiger partial charge in [0.15, 0.2) is 5.82 Å². The first-order chi connectivity index (χ1) is 14.6. The number of nitrogens with one attached hydrogen (secondary N) is 1. The summed E-state index contributed by atoms with van der Waals surface area (Å²) in [6.45, 7) is 12.3. The van der Waals surface area contributed by atoms with E-state index in [0.717, 1.165) is 44.0 Å². The summed E-state index contributed by atoms with van der Waals surface area (Å²) in [6, 6.07) is 4.33. The normalized spacial score (nSPS) is 22.9. The predicted molar refractivity (Wildman–Crippen MR) is 118 cm³/mol. The van der Waals surface area contributed by atoms with Crippen molar-refractivity contribution in [3.63, 3.8) is 0 Å². The van der Waals surface area contributed by atoms with Crippen LogP contribution in [-0.2, 0) is 34.2 Å². The molecule has 3 aliphatic heterocycles. The minimum Gasteiger partial charge on any atom is -0.399 e. The van der Waals surface area contributed by atoms with Gasteiger partial charge in [0, 0.05) is 37.9 Å². The van der Waals surface area contributed by atoms with E-state index in [0.29, 0.717) is 17.5 Å². The molecule has 31 heavy (non-hydrogen) atoms. The van der Waals surface area contributed by atoms with Gasteiger partial charge in [-0.05, 0) is 33.8 Å². The summed E-state index contributed by atoms with van der Waals surface area (Å²) in [7, 11) is 1.20. The molecule has 0 saturated carbocycles. The molecule has 2 fully saturated rings. The largest absolute Gasteiger partial charge is 0.496 e. The Bertz CT molecular complexity index is 1040. The van der Waals surface area contributed by atoms with E-state index in [1.807, 2.05) is 38.4 Å². The number of hydrogen-bond donors (Lipinski definition) is 1. The Hall–Kier alpha value is -2.14. The van der Waals surface area contributed by atoms with E-state index in [9.17, 15) is 4.79 Å². The molecule has 1 N–H and O–H groups in total. The van der Waals surface area contributed by atoms with Crippen LogP contribution in [0.3, 0.4) is 0 Å². The quantitative estimate of drug-likeness (QED) is 0.725. The number of anilines is 2. The second-order valence-electron chi connectivity index (χ2n) is 9.72. The second-order valence-corrected chi connectivity index (χ2v) is 9.72. The lowest BCUT2D eigenvalue weighted by Gasteiger charge is -2.39. The monoisotopic (exact) mass is 427 g/mol. The third-order valence-corrected chi connectivity index (χ3v) is 6.96. The molecule has 0 unspecified atom stereocenters. The van der Waals surface area contributed by atoms with Crippen molar-refractivity contribution in [3.05, 3.63) is 34.4 Å². The van der Waals surface area contributed by atoms with Gasteiger partial charge in [0.1, 0.15) is 5.69 Å². The molecule has 166 valence electrons. The highest BCUT2D eigenvalue weighted by Gasteiger charge is 2.52. The zero-order valence-electron chi connectivity index (χ0n) is 18.8. The Morgan fingerprint density at radius 1 is 1.13 bits per heavy atom. The van der Waals surface area contributed by atoms with Crippen LogP contribution in [0.1, 0.15) is 33.4 Å². The molecule has 0 aromatic carbocycles. The second kappa shape index (κ2) is 7.20. The zero-order valence-corrected chi connectivity index (χ0v) is 18.8. The number of rotatable bonds is 4.